The number of unbranched alkanes of at least 4 members (excludes halogenated alkanes) is 9. The lowest BCUT2D eigenvalue weighted by Gasteiger charge is -2.43. The lowest BCUT2D eigenvalue weighted by Crippen LogP contribution is -2.60. The van der Waals surface area contributed by atoms with Crippen molar-refractivity contribution in [3.05, 3.63) is 12.2 Å². The number of aliphatic hydroxyl groups is 7. The minimum atomic E-state index is -1.53. The van der Waals surface area contributed by atoms with Crippen molar-refractivity contribution in [1.82, 2.24) is 0 Å². The van der Waals surface area contributed by atoms with E-state index in [1.165, 1.54) is 12.8 Å². The summed E-state index contributed by atoms with van der Waals surface area (Å²) in [4.78, 5) is 11.3. The molecule has 0 aromatic heterocycles. The number of hydrogen-bond acceptors (Lipinski definition) is 13. The molecule has 2 aliphatic heterocycles. The molecule has 2 fully saturated rings. The van der Waals surface area contributed by atoms with Crippen molar-refractivity contribution >= 4 is 5.97 Å². The smallest absolute Gasteiger partial charge is 0.305 e. The Kier molecular flexibility index (Phi) is 21.4. The molecular weight excluding hydrogens is 616 g/mol. The summed E-state index contributed by atoms with van der Waals surface area (Å²) in [5.41, 5.74) is 0. The maximum Gasteiger partial charge on any atom is 0.305 e. The van der Waals surface area contributed by atoms with Crippen molar-refractivity contribution in [1.29, 1.82) is 0 Å². The molecule has 11 atom stereocenters. The molecule has 2 saturated heterocycles. The van der Waals surface area contributed by atoms with E-state index in [1.54, 1.807) is 0 Å². The minimum Gasteiger partial charge on any atom is -0.466 e. The van der Waals surface area contributed by atoms with Crippen molar-refractivity contribution in [3.63, 3.8) is 0 Å². The summed E-state index contributed by atoms with van der Waals surface area (Å²) in [6.45, 7) is 2.76. The zero-order valence-electron chi connectivity index (χ0n) is 28.3. The van der Waals surface area contributed by atoms with Gasteiger partial charge in [-0.25, -0.2) is 0 Å². The number of hydrogen-bond donors (Lipinski definition) is 7. The molecule has 7 N–H and O–H groups in total. The Morgan fingerprint density at radius 3 is 1.89 bits per heavy atom. The van der Waals surface area contributed by atoms with Gasteiger partial charge in [0.15, 0.2) is 6.29 Å². The largest absolute Gasteiger partial charge is 0.466 e. The van der Waals surface area contributed by atoms with Crippen LogP contribution in [0.15, 0.2) is 12.2 Å². The Morgan fingerprint density at radius 2 is 1.26 bits per heavy atom. The molecule has 0 aromatic rings. The number of carbonyl (C=O) groups excluding carboxylic acids is 1. The second-order valence-corrected chi connectivity index (χ2v) is 12.8. The molecule has 276 valence electrons. The zero-order valence-corrected chi connectivity index (χ0v) is 28.3. The van der Waals surface area contributed by atoms with Crippen LogP contribution in [0.2, 0.25) is 0 Å². The standard InChI is InChI=1S/C34H62O13/c1-3-44-28(37)18-16-14-12-10-8-6-4-5-7-9-11-13-15-17-23(2)45-34-24(29(38)30(39)26(20-36)47-34)21-43-22-27-32(41)33(42)31(40)25(19-35)46-27/h4-5,23-27,29-36,38-42H,3,6-22H2,1-2H3/b5-4-/t23?,24-,25-,26-,27+,29-,30-,31-,32+,33+,34-/m1/s1. The quantitative estimate of drug-likeness (QED) is 0.0440. The fourth-order valence-electron chi connectivity index (χ4n) is 5.96. The number of ether oxygens (including phenoxy) is 5. The fraction of sp³-hybridized carbons (Fsp3) is 0.912. The van der Waals surface area contributed by atoms with Gasteiger partial charge in [0.1, 0.15) is 42.7 Å². The third-order valence-electron chi connectivity index (χ3n) is 8.91. The first-order valence-corrected chi connectivity index (χ1v) is 17.6. The highest BCUT2D eigenvalue weighted by atomic mass is 16.7. The summed E-state index contributed by atoms with van der Waals surface area (Å²) in [5, 5.41) is 70.5. The average Bonchev–Trinajstić information content (AvgIpc) is 3.05. The molecule has 13 nitrogen and oxygen atoms in total. The molecule has 1 unspecified atom stereocenters. The molecule has 0 radical (unpaired) electrons. The Hall–Kier alpha value is -1.23. The molecule has 0 aliphatic carbocycles. The van der Waals surface area contributed by atoms with Crippen LogP contribution in [0.25, 0.3) is 0 Å². The average molecular weight is 679 g/mol. The van der Waals surface area contributed by atoms with E-state index in [1.807, 2.05) is 13.8 Å². The van der Waals surface area contributed by atoms with Crippen LogP contribution in [-0.2, 0) is 28.5 Å². The number of esters is 1. The molecule has 2 aliphatic rings. The van der Waals surface area contributed by atoms with E-state index in [4.69, 9.17) is 23.7 Å². The Bertz CT molecular complexity index is 843. The van der Waals surface area contributed by atoms with Crippen molar-refractivity contribution in [2.75, 3.05) is 33.0 Å². The van der Waals surface area contributed by atoms with Crippen LogP contribution in [0.5, 0.6) is 0 Å². The molecule has 0 bridgehead atoms. The Balaban J connectivity index is 1.64. The van der Waals surface area contributed by atoms with Crippen LogP contribution in [0.1, 0.15) is 97.3 Å². The van der Waals surface area contributed by atoms with Gasteiger partial charge >= 0.3 is 5.97 Å². The highest BCUT2D eigenvalue weighted by Gasteiger charge is 2.47. The molecule has 2 heterocycles. The predicted molar refractivity (Wildman–Crippen MR) is 172 cm³/mol. The van der Waals surface area contributed by atoms with E-state index >= 15 is 0 Å². The first-order valence-electron chi connectivity index (χ1n) is 17.6. The molecule has 0 spiro atoms. The van der Waals surface area contributed by atoms with Gasteiger partial charge in [-0.3, -0.25) is 4.79 Å². The number of carbonyl (C=O) groups is 1. The second kappa shape index (κ2) is 24.0. The van der Waals surface area contributed by atoms with Crippen molar-refractivity contribution in [2.45, 2.75) is 159 Å². The van der Waals surface area contributed by atoms with Gasteiger partial charge in [-0.2, -0.15) is 0 Å². The van der Waals surface area contributed by atoms with E-state index in [0.717, 1.165) is 64.2 Å². The van der Waals surface area contributed by atoms with Gasteiger partial charge in [-0.15, -0.1) is 0 Å². The van der Waals surface area contributed by atoms with Crippen LogP contribution in [0, 0.1) is 5.92 Å². The molecule has 0 saturated carbocycles. The zero-order chi connectivity index (χ0) is 34.6. The molecule has 13 heteroatoms. The highest BCUT2D eigenvalue weighted by molar-refractivity contribution is 5.69. The maximum atomic E-state index is 11.3. The summed E-state index contributed by atoms with van der Waals surface area (Å²) in [5.74, 6) is -0.915. The lowest BCUT2D eigenvalue weighted by molar-refractivity contribution is -0.304. The first kappa shape index (κ1) is 41.9. The number of rotatable bonds is 24. The van der Waals surface area contributed by atoms with Crippen LogP contribution < -0.4 is 0 Å². The van der Waals surface area contributed by atoms with Crippen molar-refractivity contribution < 1.29 is 64.2 Å². The molecule has 47 heavy (non-hydrogen) atoms. The Morgan fingerprint density at radius 1 is 0.702 bits per heavy atom. The first-order chi connectivity index (χ1) is 22.6. The minimum absolute atomic E-state index is 0.0989. The van der Waals surface area contributed by atoms with Gasteiger partial charge < -0.3 is 59.4 Å². The third kappa shape index (κ3) is 15.0. The topological polar surface area (TPSA) is 205 Å². The lowest BCUT2D eigenvalue weighted by atomic mass is 9.91. The second-order valence-electron chi connectivity index (χ2n) is 12.8. The van der Waals surface area contributed by atoms with Gasteiger partial charge in [-0.05, 0) is 52.4 Å². The van der Waals surface area contributed by atoms with E-state index in [2.05, 4.69) is 12.2 Å². The summed E-state index contributed by atoms with van der Waals surface area (Å²) < 4.78 is 28.0. The van der Waals surface area contributed by atoms with Gasteiger partial charge in [0.25, 0.3) is 0 Å². The van der Waals surface area contributed by atoms with Crippen LogP contribution >= 0.6 is 0 Å². The summed E-state index contributed by atoms with van der Waals surface area (Å²) in [6, 6.07) is 0. The third-order valence-corrected chi connectivity index (χ3v) is 8.91. The van der Waals surface area contributed by atoms with Gasteiger partial charge in [-0.1, -0.05) is 50.7 Å². The summed E-state index contributed by atoms with van der Waals surface area (Å²) in [7, 11) is 0. The summed E-state index contributed by atoms with van der Waals surface area (Å²) in [6.07, 6.45) is 6.13. The highest BCUT2D eigenvalue weighted by Crippen LogP contribution is 2.30. The maximum absolute atomic E-state index is 11.3. The number of allylic oxidation sites excluding steroid dienone is 2. The van der Waals surface area contributed by atoms with Gasteiger partial charge in [0.05, 0.1) is 51.2 Å². The number of aliphatic hydroxyl groups excluding tert-OH is 7. The molecule has 0 aromatic carbocycles. The van der Waals surface area contributed by atoms with Crippen LogP contribution in [-0.4, -0.2) is 136 Å². The fourth-order valence-corrected chi connectivity index (χ4v) is 5.96. The van der Waals surface area contributed by atoms with E-state index < -0.39 is 74.3 Å². The molecule has 0 amide bonds. The Labute approximate surface area is 279 Å². The van der Waals surface area contributed by atoms with Crippen molar-refractivity contribution in [3.8, 4) is 0 Å². The SMILES string of the molecule is CCOC(=O)CCCCCCC/C=C\CCCCCCC(C)O[C@@H]1O[C@H](CO)[C@@H](O)[C@H](O)[C@H]1COC[C@@H]1O[C@H](CO)[C@@H](O)[C@H](O)[C@H]1O. The van der Waals surface area contributed by atoms with Gasteiger partial charge in [0, 0.05) is 6.42 Å². The van der Waals surface area contributed by atoms with E-state index in [-0.39, 0.29) is 25.3 Å². The monoisotopic (exact) mass is 678 g/mol. The van der Waals surface area contributed by atoms with Gasteiger partial charge in [0.2, 0.25) is 0 Å². The molecular formula is C34H62O13. The normalized spacial score (nSPS) is 32.1. The van der Waals surface area contributed by atoms with Crippen molar-refractivity contribution in [2.24, 2.45) is 5.92 Å². The van der Waals surface area contributed by atoms with E-state index in [0.29, 0.717) is 13.0 Å². The predicted octanol–water partition coefficient (Wildman–Crippen LogP) is 1.50. The molecule has 2 rings (SSSR count). The van der Waals surface area contributed by atoms with Crippen LogP contribution in [0.3, 0.4) is 0 Å². The van der Waals surface area contributed by atoms with E-state index in [9.17, 15) is 40.5 Å². The van der Waals surface area contributed by atoms with Crippen LogP contribution in [0.4, 0.5) is 0 Å². The summed E-state index contributed by atoms with van der Waals surface area (Å²) >= 11 is 0.